The van der Waals surface area contributed by atoms with Gasteiger partial charge >= 0.3 is 0 Å². The van der Waals surface area contributed by atoms with Crippen LogP contribution >= 0.6 is 23.2 Å². The number of halogens is 2. The Morgan fingerprint density at radius 1 is 0.867 bits per heavy atom. The zero-order chi connectivity index (χ0) is 32.6. The number of hydrogen-bond donors (Lipinski definition) is 1. The number of carbonyl (C=O) groups is 2. The monoisotopic (exact) mass is 667 g/mol. The highest BCUT2D eigenvalue weighted by atomic mass is 35.5. The van der Waals surface area contributed by atoms with Crippen molar-refractivity contribution in [2.45, 2.75) is 37.8 Å². The normalized spacial score (nSPS) is 11.8. The van der Waals surface area contributed by atoms with Crippen LogP contribution in [0.1, 0.15) is 23.6 Å². The van der Waals surface area contributed by atoms with Gasteiger partial charge in [-0.15, -0.1) is 0 Å². The largest absolute Gasteiger partial charge is 0.497 e. The maximum absolute atomic E-state index is 14.5. The van der Waals surface area contributed by atoms with Crippen LogP contribution < -0.4 is 14.4 Å². The van der Waals surface area contributed by atoms with Crippen LogP contribution in [0.25, 0.3) is 0 Å². The van der Waals surface area contributed by atoms with Crippen LogP contribution in [0, 0.1) is 6.92 Å². The molecule has 4 aromatic rings. The van der Waals surface area contributed by atoms with Gasteiger partial charge in [-0.3, -0.25) is 13.9 Å². The predicted molar refractivity (Wildman–Crippen MR) is 178 cm³/mol. The van der Waals surface area contributed by atoms with Crippen molar-refractivity contribution < 1.29 is 22.7 Å². The van der Waals surface area contributed by atoms with E-state index in [2.05, 4.69) is 5.32 Å². The van der Waals surface area contributed by atoms with Crippen LogP contribution in [0.2, 0.25) is 10.0 Å². The van der Waals surface area contributed by atoms with Crippen molar-refractivity contribution in [1.29, 1.82) is 0 Å². The smallest absolute Gasteiger partial charge is 0.264 e. The molecule has 0 spiro atoms. The molecule has 0 bridgehead atoms. The van der Waals surface area contributed by atoms with Crippen LogP contribution in [0.15, 0.2) is 102 Å². The van der Waals surface area contributed by atoms with Crippen molar-refractivity contribution in [3.05, 3.63) is 124 Å². The Kier molecular flexibility index (Phi) is 11.5. The number of likely N-dealkylation sites (N-methyl/N-ethyl adjacent to an activating group) is 1. The molecule has 8 nitrogen and oxygen atoms in total. The van der Waals surface area contributed by atoms with E-state index in [1.165, 1.54) is 24.1 Å². The lowest BCUT2D eigenvalue weighted by molar-refractivity contribution is -0.140. The molecule has 236 valence electrons. The lowest BCUT2D eigenvalue weighted by Crippen LogP contribution is -2.53. The van der Waals surface area contributed by atoms with Gasteiger partial charge < -0.3 is 15.0 Å². The molecule has 45 heavy (non-hydrogen) atoms. The van der Waals surface area contributed by atoms with Crippen LogP contribution in [-0.2, 0) is 32.6 Å². The van der Waals surface area contributed by atoms with Gasteiger partial charge in [-0.2, -0.15) is 0 Å². The first-order valence-electron chi connectivity index (χ1n) is 14.3. The molecule has 4 aromatic carbocycles. The summed E-state index contributed by atoms with van der Waals surface area (Å²) in [5.41, 5.74) is 2.57. The molecule has 11 heteroatoms. The zero-order valence-corrected chi connectivity index (χ0v) is 27.6. The molecule has 0 saturated heterocycles. The van der Waals surface area contributed by atoms with E-state index in [9.17, 15) is 18.0 Å². The molecule has 4 rings (SSSR count). The number of anilines is 1. The molecular weight excluding hydrogens is 633 g/mol. The quantitative estimate of drug-likeness (QED) is 0.181. The van der Waals surface area contributed by atoms with Gasteiger partial charge in [-0.05, 0) is 61.4 Å². The lowest BCUT2D eigenvalue weighted by Gasteiger charge is -2.34. The second kappa shape index (κ2) is 15.3. The van der Waals surface area contributed by atoms with Crippen LogP contribution in [-0.4, -0.2) is 51.4 Å². The van der Waals surface area contributed by atoms with E-state index in [-0.39, 0.29) is 29.5 Å². The highest BCUT2D eigenvalue weighted by Gasteiger charge is 2.34. The number of aryl methyl sites for hydroxylation is 1. The average Bonchev–Trinajstić information content (AvgIpc) is 3.03. The number of methoxy groups -OCH3 is 1. The minimum absolute atomic E-state index is 0.0179. The summed E-state index contributed by atoms with van der Waals surface area (Å²) < 4.78 is 34.7. The molecule has 0 heterocycles. The summed E-state index contributed by atoms with van der Waals surface area (Å²) in [5.74, 6) is -0.545. The summed E-state index contributed by atoms with van der Waals surface area (Å²) in [6, 6.07) is 26.2. The highest BCUT2D eigenvalue weighted by Crippen LogP contribution is 2.29. The van der Waals surface area contributed by atoms with Gasteiger partial charge in [0.05, 0.1) is 27.7 Å². The summed E-state index contributed by atoms with van der Waals surface area (Å²) in [5, 5.41) is 3.48. The van der Waals surface area contributed by atoms with Gasteiger partial charge in [0.1, 0.15) is 18.3 Å². The van der Waals surface area contributed by atoms with Crippen molar-refractivity contribution in [3.8, 4) is 5.75 Å². The summed E-state index contributed by atoms with van der Waals surface area (Å²) in [4.78, 5) is 29.5. The molecule has 0 aliphatic rings. The highest BCUT2D eigenvalue weighted by molar-refractivity contribution is 7.92. The van der Waals surface area contributed by atoms with Gasteiger partial charge in [-0.1, -0.05) is 83.4 Å². The van der Waals surface area contributed by atoms with Gasteiger partial charge in [-0.25, -0.2) is 8.42 Å². The number of rotatable bonds is 13. The second-order valence-electron chi connectivity index (χ2n) is 10.4. The Balaban J connectivity index is 1.82. The van der Waals surface area contributed by atoms with E-state index in [4.69, 9.17) is 27.9 Å². The first-order valence-corrected chi connectivity index (χ1v) is 16.5. The maximum atomic E-state index is 14.5. The maximum Gasteiger partial charge on any atom is 0.264 e. The van der Waals surface area contributed by atoms with E-state index < -0.39 is 28.5 Å². The third-order valence-electron chi connectivity index (χ3n) is 7.19. The van der Waals surface area contributed by atoms with Crippen molar-refractivity contribution >= 4 is 50.7 Å². The number of carbonyl (C=O) groups excluding carboxylic acids is 2. The molecular formula is C34H35Cl2N3O5S. The third kappa shape index (κ3) is 8.57. The Morgan fingerprint density at radius 3 is 2.22 bits per heavy atom. The SMILES string of the molecule is CCNC(=O)[C@H](Cc1ccccc1)N(Cc1ccc(Cl)c(Cl)c1)C(=O)CN(c1cccc(OC)c1)S(=O)(=O)c1ccc(C)cc1. The summed E-state index contributed by atoms with van der Waals surface area (Å²) >= 11 is 12.5. The van der Waals surface area contributed by atoms with Gasteiger partial charge in [0.25, 0.3) is 10.0 Å². The first-order chi connectivity index (χ1) is 21.5. The average molecular weight is 669 g/mol. The molecule has 0 aliphatic heterocycles. The molecule has 0 unspecified atom stereocenters. The van der Waals surface area contributed by atoms with Crippen molar-refractivity contribution in [3.63, 3.8) is 0 Å². The second-order valence-corrected chi connectivity index (χ2v) is 13.1. The standard InChI is InChI=1S/C34H35Cl2N3O5S/c1-4-37-34(41)32(20-25-9-6-5-7-10-25)38(22-26-15-18-30(35)31(36)19-26)33(40)23-39(27-11-8-12-28(21-27)44-3)45(42,43)29-16-13-24(2)14-17-29/h5-19,21,32H,4,20,22-23H2,1-3H3,(H,37,41)/t32-/m0/s1. The number of sulfonamides is 1. The van der Waals surface area contributed by atoms with Crippen LogP contribution in [0.5, 0.6) is 5.75 Å². The fourth-order valence-electron chi connectivity index (χ4n) is 4.81. The van der Waals surface area contributed by atoms with E-state index >= 15 is 0 Å². The van der Waals surface area contributed by atoms with Crippen molar-refractivity contribution in [1.82, 2.24) is 10.2 Å². The summed E-state index contributed by atoms with van der Waals surface area (Å²) in [6.07, 6.45) is 0.198. The number of nitrogens with zero attached hydrogens (tertiary/aromatic N) is 2. The Labute approximate surface area is 274 Å². The zero-order valence-electron chi connectivity index (χ0n) is 25.2. The molecule has 0 radical (unpaired) electrons. The first kappa shape index (κ1) is 33.8. The number of amides is 2. The van der Waals surface area contributed by atoms with E-state index in [0.717, 1.165) is 15.4 Å². The summed E-state index contributed by atoms with van der Waals surface area (Å²) in [7, 11) is -2.76. The Morgan fingerprint density at radius 2 is 1.58 bits per heavy atom. The number of benzene rings is 4. The fraction of sp³-hybridized carbons (Fsp3) is 0.235. The molecule has 0 saturated carbocycles. The topological polar surface area (TPSA) is 96.0 Å². The minimum atomic E-state index is -4.23. The Bertz CT molecular complexity index is 1730. The minimum Gasteiger partial charge on any atom is -0.497 e. The van der Waals surface area contributed by atoms with E-state index in [1.807, 2.05) is 37.3 Å². The molecule has 2 amide bonds. The number of ether oxygens (including phenoxy) is 1. The summed E-state index contributed by atoms with van der Waals surface area (Å²) in [6.45, 7) is 3.38. The molecule has 0 aromatic heterocycles. The third-order valence-corrected chi connectivity index (χ3v) is 9.72. The molecule has 1 N–H and O–H groups in total. The van der Waals surface area contributed by atoms with Crippen LogP contribution in [0.4, 0.5) is 5.69 Å². The molecule has 1 atom stereocenters. The van der Waals surface area contributed by atoms with Crippen molar-refractivity contribution in [2.24, 2.45) is 0 Å². The predicted octanol–water partition coefficient (Wildman–Crippen LogP) is 6.28. The van der Waals surface area contributed by atoms with Gasteiger partial charge in [0.2, 0.25) is 11.8 Å². The molecule has 0 fully saturated rings. The van der Waals surface area contributed by atoms with E-state index in [1.54, 1.807) is 61.5 Å². The Hall–Kier alpha value is -4.05. The molecule has 0 aliphatic carbocycles. The fourth-order valence-corrected chi connectivity index (χ4v) is 6.54. The van der Waals surface area contributed by atoms with Crippen LogP contribution in [0.3, 0.4) is 0 Å². The van der Waals surface area contributed by atoms with E-state index in [0.29, 0.717) is 27.9 Å². The number of hydrogen-bond acceptors (Lipinski definition) is 5. The van der Waals surface area contributed by atoms with Gasteiger partial charge in [0, 0.05) is 25.6 Å². The lowest BCUT2D eigenvalue weighted by atomic mass is 10.0. The van der Waals surface area contributed by atoms with Crippen molar-refractivity contribution in [2.75, 3.05) is 24.5 Å². The van der Waals surface area contributed by atoms with Gasteiger partial charge in [0.15, 0.2) is 0 Å². The number of nitrogens with one attached hydrogen (secondary N) is 1.